The molecule has 0 atom stereocenters. The predicted molar refractivity (Wildman–Crippen MR) is 107 cm³/mol. The van der Waals surface area contributed by atoms with E-state index >= 15 is 0 Å². The number of nitrogens with one attached hydrogen (secondary N) is 2. The van der Waals surface area contributed by atoms with Gasteiger partial charge in [-0.2, -0.15) is 0 Å². The van der Waals surface area contributed by atoms with Crippen LogP contribution in [0.3, 0.4) is 0 Å². The third-order valence-corrected chi connectivity index (χ3v) is 5.71. The Labute approximate surface area is 165 Å². The van der Waals surface area contributed by atoms with Gasteiger partial charge >= 0.3 is 0 Å². The van der Waals surface area contributed by atoms with Gasteiger partial charge in [-0.1, -0.05) is 65.1 Å². The first-order valence-electron chi connectivity index (χ1n) is 8.35. The molecular formula is C19H19FN4OS2. The first-order chi connectivity index (χ1) is 13.1. The fraction of sp³-hybridized carbons (Fsp3) is 0.211. The van der Waals surface area contributed by atoms with E-state index in [4.69, 9.17) is 0 Å². The molecule has 0 aliphatic heterocycles. The van der Waals surface area contributed by atoms with Crippen molar-refractivity contribution < 1.29 is 9.18 Å². The van der Waals surface area contributed by atoms with Gasteiger partial charge in [0.15, 0.2) is 4.34 Å². The predicted octanol–water partition coefficient (Wildman–Crippen LogP) is 4.01. The van der Waals surface area contributed by atoms with Crippen molar-refractivity contribution in [3.05, 3.63) is 71.0 Å². The number of carbonyl (C=O) groups excluding carboxylic acids is 1. The Morgan fingerprint density at radius 1 is 1.04 bits per heavy atom. The molecule has 2 aromatic carbocycles. The molecule has 27 heavy (non-hydrogen) atoms. The summed E-state index contributed by atoms with van der Waals surface area (Å²) in [5, 5.41) is 14.8. The maximum absolute atomic E-state index is 12.9. The molecule has 0 bridgehead atoms. The molecule has 1 amide bonds. The minimum atomic E-state index is -0.256. The van der Waals surface area contributed by atoms with Crippen molar-refractivity contribution in [3.63, 3.8) is 0 Å². The van der Waals surface area contributed by atoms with Crippen molar-refractivity contribution in [1.82, 2.24) is 15.5 Å². The van der Waals surface area contributed by atoms with Crippen LogP contribution in [0, 0.1) is 12.7 Å². The number of nitrogens with zero attached hydrogens (tertiary/aromatic N) is 2. The summed E-state index contributed by atoms with van der Waals surface area (Å²) in [4.78, 5) is 12.0. The van der Waals surface area contributed by atoms with Crippen molar-refractivity contribution >= 4 is 34.1 Å². The smallest absolute Gasteiger partial charge is 0.230 e. The van der Waals surface area contributed by atoms with Gasteiger partial charge in [-0.15, -0.1) is 10.2 Å². The quantitative estimate of drug-likeness (QED) is 0.558. The molecule has 3 rings (SSSR count). The summed E-state index contributed by atoms with van der Waals surface area (Å²) in [7, 11) is 0. The Balaban J connectivity index is 1.40. The van der Waals surface area contributed by atoms with E-state index in [1.807, 2.05) is 31.2 Å². The zero-order valence-corrected chi connectivity index (χ0v) is 16.4. The van der Waals surface area contributed by atoms with Crippen molar-refractivity contribution in [2.24, 2.45) is 0 Å². The van der Waals surface area contributed by atoms with E-state index in [1.54, 1.807) is 12.1 Å². The third kappa shape index (κ3) is 6.33. The maximum atomic E-state index is 12.9. The van der Waals surface area contributed by atoms with Gasteiger partial charge in [-0.3, -0.25) is 4.79 Å². The van der Waals surface area contributed by atoms with Crippen LogP contribution in [0.1, 0.15) is 16.7 Å². The first-order valence-corrected chi connectivity index (χ1v) is 10.2. The number of amides is 1. The van der Waals surface area contributed by atoms with E-state index in [0.29, 0.717) is 24.0 Å². The molecule has 2 N–H and O–H groups in total. The zero-order chi connectivity index (χ0) is 19.1. The van der Waals surface area contributed by atoms with E-state index in [0.717, 1.165) is 15.5 Å². The molecule has 1 aromatic heterocycles. The Hall–Kier alpha value is -2.45. The van der Waals surface area contributed by atoms with Crippen LogP contribution >= 0.6 is 23.1 Å². The first kappa shape index (κ1) is 19.3. The normalized spacial score (nSPS) is 10.6. The minimum absolute atomic E-state index is 0.0448. The molecule has 5 nitrogen and oxygen atoms in total. The maximum Gasteiger partial charge on any atom is 0.230 e. The molecule has 0 spiro atoms. The number of hydrogen-bond donors (Lipinski definition) is 2. The molecular weight excluding hydrogens is 383 g/mol. The molecule has 0 fully saturated rings. The monoisotopic (exact) mass is 402 g/mol. The largest absolute Gasteiger partial charge is 0.356 e. The molecule has 0 unspecified atom stereocenters. The van der Waals surface area contributed by atoms with Gasteiger partial charge in [0.05, 0.1) is 5.75 Å². The lowest BCUT2D eigenvalue weighted by molar-refractivity contribution is -0.118. The highest BCUT2D eigenvalue weighted by atomic mass is 32.2. The van der Waals surface area contributed by atoms with Gasteiger partial charge in [0.25, 0.3) is 0 Å². The molecule has 0 saturated heterocycles. The van der Waals surface area contributed by atoms with Crippen molar-refractivity contribution in [2.75, 3.05) is 11.1 Å². The zero-order valence-electron chi connectivity index (χ0n) is 14.7. The Morgan fingerprint density at radius 3 is 2.44 bits per heavy atom. The van der Waals surface area contributed by atoms with Crippen LogP contribution in [-0.2, 0) is 17.9 Å². The summed E-state index contributed by atoms with van der Waals surface area (Å²) in [6.45, 7) is 3.08. The van der Waals surface area contributed by atoms with Crippen LogP contribution in [-0.4, -0.2) is 21.9 Å². The lowest BCUT2D eigenvalue weighted by Crippen LogP contribution is -2.24. The number of carbonyl (C=O) groups is 1. The molecule has 0 saturated carbocycles. The average Bonchev–Trinajstić information content (AvgIpc) is 3.13. The summed E-state index contributed by atoms with van der Waals surface area (Å²) in [6, 6.07) is 14.4. The number of aromatic nitrogens is 2. The average molecular weight is 403 g/mol. The van der Waals surface area contributed by atoms with Crippen molar-refractivity contribution in [3.8, 4) is 0 Å². The van der Waals surface area contributed by atoms with Crippen molar-refractivity contribution in [1.29, 1.82) is 0 Å². The molecule has 0 aliphatic carbocycles. The molecule has 0 aliphatic rings. The third-order valence-electron chi connectivity index (χ3n) is 3.70. The van der Waals surface area contributed by atoms with E-state index in [9.17, 15) is 9.18 Å². The van der Waals surface area contributed by atoms with Crippen LogP contribution < -0.4 is 10.6 Å². The summed E-state index contributed by atoms with van der Waals surface area (Å²) in [5.74, 6) is -0.0102. The standard InChI is InChI=1S/C19H19FN4OS2/c1-13-2-4-14(5-3-13)10-21-17(25)12-26-19-24-23-18(27-19)22-11-15-6-8-16(20)9-7-15/h2-9H,10-12H2,1H3,(H,21,25)(H,22,23). The Bertz CT molecular complexity index is 881. The fourth-order valence-corrected chi connectivity index (χ4v) is 3.78. The van der Waals surface area contributed by atoms with Gasteiger partial charge in [-0.25, -0.2) is 4.39 Å². The number of thioether (sulfide) groups is 1. The summed E-state index contributed by atoms with van der Waals surface area (Å²) in [5.41, 5.74) is 3.22. The van der Waals surface area contributed by atoms with Gasteiger partial charge < -0.3 is 10.6 Å². The van der Waals surface area contributed by atoms with E-state index in [2.05, 4.69) is 20.8 Å². The number of halogens is 1. The SMILES string of the molecule is Cc1ccc(CNC(=O)CSc2nnc(NCc3ccc(F)cc3)s2)cc1. The summed E-state index contributed by atoms with van der Waals surface area (Å²) in [6.07, 6.45) is 0. The highest BCUT2D eigenvalue weighted by Crippen LogP contribution is 2.25. The number of anilines is 1. The van der Waals surface area contributed by atoms with Gasteiger partial charge in [-0.05, 0) is 30.2 Å². The Kier molecular flexibility index (Phi) is 6.78. The second-order valence-corrected chi connectivity index (χ2v) is 8.10. The molecule has 140 valence electrons. The highest BCUT2D eigenvalue weighted by molar-refractivity contribution is 8.01. The van der Waals surface area contributed by atoms with Crippen molar-refractivity contribution in [2.45, 2.75) is 24.4 Å². The van der Waals surface area contributed by atoms with E-state index in [1.165, 1.54) is 40.8 Å². The number of benzene rings is 2. The van der Waals surface area contributed by atoms with Gasteiger partial charge in [0, 0.05) is 13.1 Å². The Morgan fingerprint density at radius 2 is 1.70 bits per heavy atom. The number of aryl methyl sites for hydroxylation is 1. The highest BCUT2D eigenvalue weighted by Gasteiger charge is 2.08. The summed E-state index contributed by atoms with van der Waals surface area (Å²) < 4.78 is 13.6. The number of hydrogen-bond acceptors (Lipinski definition) is 6. The molecule has 1 heterocycles. The van der Waals surface area contributed by atoms with Crippen LogP contribution in [0.5, 0.6) is 0 Å². The number of rotatable bonds is 8. The lowest BCUT2D eigenvalue weighted by Gasteiger charge is -2.04. The topological polar surface area (TPSA) is 66.9 Å². The fourth-order valence-electron chi connectivity index (χ4n) is 2.20. The molecule has 3 aromatic rings. The van der Waals surface area contributed by atoms with E-state index in [-0.39, 0.29) is 11.7 Å². The minimum Gasteiger partial charge on any atom is -0.356 e. The van der Waals surface area contributed by atoms with E-state index < -0.39 is 0 Å². The summed E-state index contributed by atoms with van der Waals surface area (Å²) >= 11 is 2.74. The van der Waals surface area contributed by atoms with Crippen LogP contribution in [0.2, 0.25) is 0 Å². The van der Waals surface area contributed by atoms with Gasteiger partial charge in [0.2, 0.25) is 11.0 Å². The van der Waals surface area contributed by atoms with Gasteiger partial charge in [0.1, 0.15) is 5.82 Å². The van der Waals surface area contributed by atoms with Crippen LogP contribution in [0.4, 0.5) is 9.52 Å². The second-order valence-electron chi connectivity index (χ2n) is 5.90. The van der Waals surface area contributed by atoms with Crippen LogP contribution in [0.15, 0.2) is 52.9 Å². The lowest BCUT2D eigenvalue weighted by atomic mass is 10.1. The molecule has 8 heteroatoms. The molecule has 0 radical (unpaired) electrons. The second kappa shape index (κ2) is 9.48. The van der Waals surface area contributed by atoms with Crippen LogP contribution in [0.25, 0.3) is 0 Å².